The van der Waals surface area contributed by atoms with E-state index in [1.54, 1.807) is 6.07 Å². The minimum atomic E-state index is -0.143. The summed E-state index contributed by atoms with van der Waals surface area (Å²) in [5.41, 5.74) is 2.01. The molecule has 0 saturated heterocycles. The number of rotatable bonds is 9. The summed E-state index contributed by atoms with van der Waals surface area (Å²) in [6, 6.07) is 3.69. The van der Waals surface area contributed by atoms with Crippen LogP contribution in [0.4, 0.5) is 11.5 Å². The Hall–Kier alpha value is -3.38. The lowest BCUT2D eigenvalue weighted by molar-refractivity contribution is -0.117. The number of nitrogens with zero attached hydrogens (tertiary/aromatic N) is 5. The number of amides is 1. The Morgan fingerprint density at radius 2 is 2.03 bits per heavy atom. The normalized spacial score (nSPS) is 14.1. The van der Waals surface area contributed by atoms with Crippen molar-refractivity contribution in [2.75, 3.05) is 31.3 Å². The number of pyridine rings is 1. The van der Waals surface area contributed by atoms with Gasteiger partial charge in [0, 0.05) is 31.1 Å². The van der Waals surface area contributed by atoms with Crippen molar-refractivity contribution >= 4 is 23.7 Å². The van der Waals surface area contributed by atoms with Crippen molar-refractivity contribution in [2.45, 2.75) is 25.3 Å². The maximum atomic E-state index is 11.8. The van der Waals surface area contributed by atoms with Gasteiger partial charge in [0.2, 0.25) is 5.91 Å². The maximum Gasteiger partial charge on any atom is 0.228 e. The van der Waals surface area contributed by atoms with Crippen molar-refractivity contribution < 1.29 is 9.59 Å². The number of likely N-dealkylation sites (N-methyl/N-ethyl adjacent to an activating group) is 1. The number of carbonyl (C=O) groups is 2. The van der Waals surface area contributed by atoms with Crippen LogP contribution in [0.1, 0.15) is 24.8 Å². The second-order valence-corrected chi connectivity index (χ2v) is 7.28. The first-order valence-electron chi connectivity index (χ1n) is 9.38. The molecule has 2 N–H and O–H groups in total. The number of nitrogens with one attached hydrogen (secondary N) is 2. The second kappa shape index (κ2) is 9.21. The zero-order valence-corrected chi connectivity index (χ0v) is 16.4. The SMILES string of the molecule is CN(C)C[C@H](CC=O)Nc1cc(-c2cnc(NC(=O)C3CC3)cn2)ncc1C#N. The molecule has 0 bridgehead atoms. The highest BCUT2D eigenvalue weighted by atomic mass is 16.2. The Morgan fingerprint density at radius 1 is 1.28 bits per heavy atom. The Bertz CT molecular complexity index is 917. The number of nitriles is 1. The Balaban J connectivity index is 1.79. The highest BCUT2D eigenvalue weighted by Gasteiger charge is 2.29. The van der Waals surface area contributed by atoms with E-state index in [4.69, 9.17) is 0 Å². The van der Waals surface area contributed by atoms with Crippen molar-refractivity contribution in [1.29, 1.82) is 5.26 Å². The lowest BCUT2D eigenvalue weighted by Gasteiger charge is -2.22. The molecule has 1 aliphatic rings. The predicted molar refractivity (Wildman–Crippen MR) is 108 cm³/mol. The largest absolute Gasteiger partial charge is 0.379 e. The average Bonchev–Trinajstić information content (AvgIpc) is 3.54. The molecule has 1 fully saturated rings. The van der Waals surface area contributed by atoms with E-state index in [-0.39, 0.29) is 17.9 Å². The molecular formula is C20H23N7O2. The molecule has 1 saturated carbocycles. The first-order chi connectivity index (χ1) is 14.0. The van der Waals surface area contributed by atoms with Crippen LogP contribution in [0, 0.1) is 17.2 Å². The van der Waals surface area contributed by atoms with Gasteiger partial charge in [0.05, 0.1) is 29.3 Å². The first kappa shape index (κ1) is 20.4. The molecule has 2 aromatic rings. The lowest BCUT2D eigenvalue weighted by atomic mass is 10.1. The molecule has 1 amide bonds. The fraction of sp³-hybridized carbons (Fsp3) is 0.400. The van der Waals surface area contributed by atoms with Crippen LogP contribution in [-0.2, 0) is 9.59 Å². The fourth-order valence-corrected chi connectivity index (χ4v) is 2.86. The third-order valence-corrected chi connectivity index (χ3v) is 4.46. The zero-order chi connectivity index (χ0) is 20.8. The fourth-order valence-electron chi connectivity index (χ4n) is 2.86. The topological polar surface area (TPSA) is 124 Å². The van der Waals surface area contributed by atoms with Crippen LogP contribution in [0.15, 0.2) is 24.7 Å². The van der Waals surface area contributed by atoms with Crippen molar-refractivity contribution in [3.05, 3.63) is 30.2 Å². The summed E-state index contributed by atoms with van der Waals surface area (Å²) in [5, 5.41) is 15.4. The van der Waals surface area contributed by atoms with Crippen molar-refractivity contribution in [3.63, 3.8) is 0 Å². The van der Waals surface area contributed by atoms with Crippen LogP contribution in [0.5, 0.6) is 0 Å². The van der Waals surface area contributed by atoms with Gasteiger partial charge in [-0.15, -0.1) is 0 Å². The van der Waals surface area contributed by atoms with E-state index in [2.05, 4.69) is 31.7 Å². The van der Waals surface area contributed by atoms with Gasteiger partial charge < -0.3 is 20.3 Å². The van der Waals surface area contributed by atoms with E-state index in [0.717, 1.165) is 19.1 Å². The molecule has 1 atom stereocenters. The zero-order valence-electron chi connectivity index (χ0n) is 16.4. The van der Waals surface area contributed by atoms with Crippen molar-refractivity contribution in [1.82, 2.24) is 19.9 Å². The molecule has 29 heavy (non-hydrogen) atoms. The summed E-state index contributed by atoms with van der Waals surface area (Å²) in [7, 11) is 3.84. The monoisotopic (exact) mass is 393 g/mol. The molecule has 9 nitrogen and oxygen atoms in total. The van der Waals surface area contributed by atoms with Gasteiger partial charge in [-0.1, -0.05) is 0 Å². The quantitative estimate of drug-likeness (QED) is 0.617. The van der Waals surface area contributed by atoms with Gasteiger partial charge in [0.15, 0.2) is 5.82 Å². The lowest BCUT2D eigenvalue weighted by Crippen LogP contribution is -2.33. The predicted octanol–water partition coefficient (Wildman–Crippen LogP) is 1.69. The van der Waals surface area contributed by atoms with Gasteiger partial charge in [-0.25, -0.2) is 9.97 Å². The van der Waals surface area contributed by atoms with Gasteiger partial charge >= 0.3 is 0 Å². The number of hydrogen-bond acceptors (Lipinski definition) is 8. The summed E-state index contributed by atoms with van der Waals surface area (Å²) in [6.45, 7) is 0.635. The van der Waals surface area contributed by atoms with Gasteiger partial charge in [-0.2, -0.15) is 5.26 Å². The highest BCUT2D eigenvalue weighted by molar-refractivity contribution is 5.93. The molecule has 9 heteroatoms. The van der Waals surface area contributed by atoms with Crippen LogP contribution in [0.25, 0.3) is 11.4 Å². The molecular weight excluding hydrogens is 370 g/mol. The Kier molecular flexibility index (Phi) is 6.46. The van der Waals surface area contributed by atoms with E-state index >= 15 is 0 Å². The molecule has 0 aromatic carbocycles. The van der Waals surface area contributed by atoms with Crippen molar-refractivity contribution in [2.24, 2.45) is 5.92 Å². The highest BCUT2D eigenvalue weighted by Crippen LogP contribution is 2.30. The van der Waals surface area contributed by atoms with Gasteiger partial charge in [-0.05, 0) is 33.0 Å². The summed E-state index contributed by atoms with van der Waals surface area (Å²) >= 11 is 0. The van der Waals surface area contributed by atoms with E-state index in [1.807, 2.05) is 19.0 Å². The molecule has 2 heterocycles. The minimum Gasteiger partial charge on any atom is -0.379 e. The summed E-state index contributed by atoms with van der Waals surface area (Å²) in [4.78, 5) is 37.6. The summed E-state index contributed by atoms with van der Waals surface area (Å²) in [6.07, 6.45) is 7.50. The smallest absolute Gasteiger partial charge is 0.228 e. The number of hydrogen-bond donors (Lipinski definition) is 2. The number of aldehydes is 1. The van der Waals surface area contributed by atoms with Crippen LogP contribution in [0.3, 0.4) is 0 Å². The Morgan fingerprint density at radius 3 is 2.62 bits per heavy atom. The summed E-state index contributed by atoms with van der Waals surface area (Å²) < 4.78 is 0. The van der Waals surface area contributed by atoms with Crippen LogP contribution in [-0.4, -0.2) is 58.7 Å². The molecule has 2 aromatic heterocycles. The second-order valence-electron chi connectivity index (χ2n) is 7.28. The molecule has 150 valence electrons. The van der Waals surface area contributed by atoms with Crippen LogP contribution < -0.4 is 10.6 Å². The molecule has 0 aliphatic heterocycles. The summed E-state index contributed by atoms with van der Waals surface area (Å²) in [5.74, 6) is 0.457. The van der Waals surface area contributed by atoms with Gasteiger partial charge in [0.25, 0.3) is 0 Å². The van der Waals surface area contributed by atoms with E-state index in [0.29, 0.717) is 41.4 Å². The average molecular weight is 393 g/mol. The number of aromatic nitrogens is 3. The molecule has 3 rings (SSSR count). The van der Waals surface area contributed by atoms with Crippen LogP contribution in [0.2, 0.25) is 0 Å². The standard InChI is InChI=1S/C20H23N7O2/c1-27(2)12-15(5-6-28)25-16-7-17(22-9-14(16)8-21)18-10-24-19(11-23-18)26-20(29)13-3-4-13/h6-7,9-11,13,15H,3-5,12H2,1-2H3,(H,22,25)(H,24,26,29)/t15-/m0/s1. The van der Waals surface area contributed by atoms with Crippen molar-refractivity contribution in [3.8, 4) is 17.5 Å². The van der Waals surface area contributed by atoms with E-state index < -0.39 is 0 Å². The third kappa shape index (κ3) is 5.56. The van der Waals surface area contributed by atoms with Gasteiger partial charge in [0.1, 0.15) is 18.0 Å². The third-order valence-electron chi connectivity index (χ3n) is 4.46. The number of carbonyl (C=O) groups excluding carboxylic acids is 2. The number of anilines is 2. The molecule has 0 spiro atoms. The maximum absolute atomic E-state index is 11.8. The van der Waals surface area contributed by atoms with E-state index in [1.165, 1.54) is 18.6 Å². The van der Waals surface area contributed by atoms with E-state index in [9.17, 15) is 14.9 Å². The first-order valence-corrected chi connectivity index (χ1v) is 9.38. The molecule has 1 aliphatic carbocycles. The molecule has 0 unspecified atom stereocenters. The minimum absolute atomic E-state index is 0.0304. The molecule has 0 radical (unpaired) electrons. The Labute approximate surface area is 169 Å². The van der Waals surface area contributed by atoms with Crippen LogP contribution >= 0.6 is 0 Å². The van der Waals surface area contributed by atoms with Gasteiger partial charge in [-0.3, -0.25) is 9.78 Å².